The van der Waals surface area contributed by atoms with Gasteiger partial charge in [0.15, 0.2) is 0 Å². The molecule has 18 heavy (non-hydrogen) atoms. The van der Waals surface area contributed by atoms with Gasteiger partial charge in [-0.1, -0.05) is 6.07 Å². The average molecular weight is 241 g/mol. The van der Waals surface area contributed by atoms with Gasteiger partial charge >= 0.3 is 0 Å². The quantitative estimate of drug-likeness (QED) is 0.818. The highest BCUT2D eigenvalue weighted by Gasteiger charge is 2.25. The molecule has 1 aliphatic rings. The Labute approximate surface area is 105 Å². The highest BCUT2D eigenvalue weighted by molar-refractivity contribution is 5.84. The van der Waals surface area contributed by atoms with Gasteiger partial charge in [0.1, 0.15) is 11.6 Å². The molecular formula is C13H15N5. The second-order valence-electron chi connectivity index (χ2n) is 4.83. The van der Waals surface area contributed by atoms with Gasteiger partial charge in [0.25, 0.3) is 0 Å². The molecule has 5 heteroatoms. The molecule has 0 saturated carbocycles. The summed E-state index contributed by atoms with van der Waals surface area (Å²) in [7, 11) is 2.11. The third-order valence-corrected chi connectivity index (χ3v) is 3.60. The fourth-order valence-electron chi connectivity index (χ4n) is 2.73. The van der Waals surface area contributed by atoms with Crippen LogP contribution in [0, 0.1) is 11.3 Å². The monoisotopic (exact) mass is 241 g/mol. The number of hydrogen-bond acceptors (Lipinski definition) is 4. The second-order valence-corrected chi connectivity index (χ2v) is 4.83. The summed E-state index contributed by atoms with van der Waals surface area (Å²) in [6.45, 7) is 2.05. The first kappa shape index (κ1) is 11.1. The van der Waals surface area contributed by atoms with Gasteiger partial charge in [0, 0.05) is 6.54 Å². The summed E-state index contributed by atoms with van der Waals surface area (Å²) < 4.78 is 2.07. The van der Waals surface area contributed by atoms with Crippen LogP contribution in [0.25, 0.3) is 11.0 Å². The van der Waals surface area contributed by atoms with Crippen molar-refractivity contribution in [2.75, 3.05) is 25.9 Å². The van der Waals surface area contributed by atoms with E-state index in [1.807, 2.05) is 12.1 Å². The lowest BCUT2D eigenvalue weighted by Gasteiger charge is -2.14. The van der Waals surface area contributed by atoms with Crippen LogP contribution in [-0.4, -0.2) is 34.6 Å². The molecule has 1 atom stereocenters. The first-order valence-corrected chi connectivity index (χ1v) is 6.06. The lowest BCUT2D eigenvalue weighted by atomic mass is 10.2. The SMILES string of the molecule is CN1CCC(n2c(N)nc3c(C#N)cccc32)C1. The van der Waals surface area contributed by atoms with Gasteiger partial charge in [-0.05, 0) is 32.1 Å². The highest BCUT2D eigenvalue weighted by Crippen LogP contribution is 2.29. The summed E-state index contributed by atoms with van der Waals surface area (Å²) in [6, 6.07) is 8.17. The van der Waals surface area contributed by atoms with E-state index in [-0.39, 0.29) is 0 Å². The van der Waals surface area contributed by atoms with E-state index in [2.05, 4.69) is 27.6 Å². The molecule has 0 radical (unpaired) electrons. The average Bonchev–Trinajstić information content (AvgIpc) is 2.91. The highest BCUT2D eigenvalue weighted by atomic mass is 15.2. The maximum atomic E-state index is 9.09. The summed E-state index contributed by atoms with van der Waals surface area (Å²) in [6.07, 6.45) is 1.07. The first-order chi connectivity index (χ1) is 8.70. The van der Waals surface area contributed by atoms with E-state index in [1.165, 1.54) is 0 Å². The molecule has 0 spiro atoms. The summed E-state index contributed by atoms with van der Waals surface area (Å²) in [5, 5.41) is 9.09. The Balaban J connectivity index is 2.18. The van der Waals surface area contributed by atoms with Crippen molar-refractivity contribution in [3.8, 4) is 6.07 Å². The van der Waals surface area contributed by atoms with Crippen LogP contribution in [0.4, 0.5) is 5.95 Å². The van der Waals surface area contributed by atoms with Gasteiger partial charge in [0.05, 0.1) is 17.1 Å². The summed E-state index contributed by atoms with van der Waals surface area (Å²) in [4.78, 5) is 6.64. The molecule has 92 valence electrons. The Morgan fingerprint density at radius 2 is 2.33 bits per heavy atom. The number of nitriles is 1. The smallest absolute Gasteiger partial charge is 0.201 e. The number of fused-ring (bicyclic) bond motifs is 1. The minimum absolute atomic E-state index is 0.356. The van der Waals surface area contributed by atoms with Crippen molar-refractivity contribution in [3.05, 3.63) is 23.8 Å². The molecule has 1 unspecified atom stereocenters. The molecule has 0 amide bonds. The number of rotatable bonds is 1. The van der Waals surface area contributed by atoms with Crippen molar-refractivity contribution in [3.63, 3.8) is 0 Å². The maximum absolute atomic E-state index is 9.09. The van der Waals surface area contributed by atoms with Gasteiger partial charge in [-0.25, -0.2) is 4.98 Å². The number of nitrogens with zero attached hydrogens (tertiary/aromatic N) is 4. The Bertz CT molecular complexity index is 637. The number of para-hydroxylation sites is 1. The summed E-state index contributed by atoms with van der Waals surface area (Å²) in [5.74, 6) is 0.507. The molecule has 2 N–H and O–H groups in total. The number of imidazole rings is 1. The number of aromatic nitrogens is 2. The van der Waals surface area contributed by atoms with E-state index in [0.717, 1.165) is 25.0 Å². The van der Waals surface area contributed by atoms with Crippen LogP contribution in [-0.2, 0) is 0 Å². The minimum atomic E-state index is 0.356. The van der Waals surface area contributed by atoms with Crippen molar-refractivity contribution in [1.29, 1.82) is 5.26 Å². The van der Waals surface area contributed by atoms with Gasteiger partial charge in [-0.2, -0.15) is 5.26 Å². The van der Waals surface area contributed by atoms with Crippen LogP contribution in [0.5, 0.6) is 0 Å². The fraction of sp³-hybridized carbons (Fsp3) is 0.385. The lowest BCUT2D eigenvalue weighted by molar-refractivity contribution is 0.396. The van der Waals surface area contributed by atoms with Gasteiger partial charge < -0.3 is 15.2 Å². The zero-order valence-corrected chi connectivity index (χ0v) is 10.3. The van der Waals surface area contributed by atoms with Crippen molar-refractivity contribution in [2.24, 2.45) is 0 Å². The Morgan fingerprint density at radius 1 is 1.50 bits per heavy atom. The van der Waals surface area contributed by atoms with Crippen LogP contribution in [0.3, 0.4) is 0 Å². The number of hydrogen-bond donors (Lipinski definition) is 1. The predicted molar refractivity (Wildman–Crippen MR) is 70.0 cm³/mol. The van der Waals surface area contributed by atoms with E-state index < -0.39 is 0 Å². The van der Waals surface area contributed by atoms with Crippen LogP contribution in [0.1, 0.15) is 18.0 Å². The van der Waals surface area contributed by atoms with Crippen molar-refractivity contribution < 1.29 is 0 Å². The molecule has 3 rings (SSSR count). The number of benzene rings is 1. The van der Waals surface area contributed by atoms with E-state index >= 15 is 0 Å². The van der Waals surface area contributed by atoms with Crippen LogP contribution < -0.4 is 5.73 Å². The molecule has 1 aliphatic heterocycles. The predicted octanol–water partition coefficient (Wildman–Crippen LogP) is 1.37. The topological polar surface area (TPSA) is 70.9 Å². The molecule has 1 saturated heterocycles. The van der Waals surface area contributed by atoms with Gasteiger partial charge in [0.2, 0.25) is 5.95 Å². The van der Waals surface area contributed by atoms with Crippen molar-refractivity contribution in [1.82, 2.24) is 14.5 Å². The molecule has 5 nitrogen and oxygen atoms in total. The molecule has 0 aliphatic carbocycles. The van der Waals surface area contributed by atoms with Crippen molar-refractivity contribution >= 4 is 17.0 Å². The van der Waals surface area contributed by atoms with E-state index in [0.29, 0.717) is 23.1 Å². The number of likely N-dealkylation sites (tertiary alicyclic amines) is 1. The third kappa shape index (κ3) is 1.54. The zero-order valence-electron chi connectivity index (χ0n) is 10.3. The third-order valence-electron chi connectivity index (χ3n) is 3.60. The lowest BCUT2D eigenvalue weighted by Crippen LogP contribution is -2.17. The molecule has 1 aromatic heterocycles. The van der Waals surface area contributed by atoms with Gasteiger partial charge in [-0.3, -0.25) is 0 Å². The van der Waals surface area contributed by atoms with Crippen LogP contribution in [0.2, 0.25) is 0 Å². The van der Waals surface area contributed by atoms with Crippen LogP contribution in [0.15, 0.2) is 18.2 Å². The molecule has 1 fully saturated rings. The first-order valence-electron chi connectivity index (χ1n) is 6.06. The largest absolute Gasteiger partial charge is 0.369 e. The maximum Gasteiger partial charge on any atom is 0.201 e. The number of nitrogen functional groups attached to an aromatic ring is 1. The normalized spacial score (nSPS) is 20.3. The van der Waals surface area contributed by atoms with E-state index in [4.69, 9.17) is 11.0 Å². The molecule has 2 heterocycles. The Morgan fingerprint density at radius 3 is 3.00 bits per heavy atom. The Kier molecular flexibility index (Phi) is 2.46. The second kappa shape index (κ2) is 4.00. The van der Waals surface area contributed by atoms with E-state index in [1.54, 1.807) is 6.07 Å². The fourth-order valence-corrected chi connectivity index (χ4v) is 2.73. The minimum Gasteiger partial charge on any atom is -0.369 e. The number of likely N-dealkylation sites (N-methyl/N-ethyl adjacent to an activating group) is 1. The molecule has 1 aromatic carbocycles. The standard InChI is InChI=1S/C13H15N5/c1-17-6-5-10(8-17)18-11-4-2-3-9(7-14)12(11)16-13(18)15/h2-4,10H,5-6,8H2,1H3,(H2,15,16). The zero-order chi connectivity index (χ0) is 12.7. The Hall–Kier alpha value is -2.06. The summed E-state index contributed by atoms with van der Waals surface area (Å²) in [5.41, 5.74) is 8.29. The number of nitrogens with two attached hydrogens (primary N) is 1. The van der Waals surface area contributed by atoms with Gasteiger partial charge in [-0.15, -0.1) is 0 Å². The molecule has 2 aromatic rings. The van der Waals surface area contributed by atoms with Crippen molar-refractivity contribution in [2.45, 2.75) is 12.5 Å². The van der Waals surface area contributed by atoms with E-state index in [9.17, 15) is 0 Å². The molecular weight excluding hydrogens is 226 g/mol. The number of anilines is 1. The van der Waals surface area contributed by atoms with Crippen LogP contribution >= 0.6 is 0 Å². The molecule has 0 bridgehead atoms. The summed E-state index contributed by atoms with van der Waals surface area (Å²) >= 11 is 0.